The lowest BCUT2D eigenvalue weighted by Crippen LogP contribution is -1.82. The predicted octanol–water partition coefficient (Wildman–Crippen LogP) is 1.60. The molecular formula is C7H8O3S. The normalized spacial score (nSPS) is 9.27. The second-order valence-corrected chi connectivity index (χ2v) is 2.93. The van der Waals surface area contributed by atoms with Gasteiger partial charge >= 0.3 is 0 Å². The van der Waals surface area contributed by atoms with Crippen molar-refractivity contribution >= 4 is 17.8 Å². The summed E-state index contributed by atoms with van der Waals surface area (Å²) in [5, 5.41) is 1.34. The van der Waals surface area contributed by atoms with E-state index in [1.54, 1.807) is 13.2 Å². The van der Waals surface area contributed by atoms with E-state index < -0.39 is 0 Å². The Bertz CT molecular complexity index is 254. The van der Waals surface area contributed by atoms with Crippen molar-refractivity contribution < 1.29 is 14.3 Å². The molecular weight excluding hydrogens is 164 g/mol. The first kappa shape index (κ1) is 8.07. The molecule has 1 aromatic rings. The Balaban J connectivity index is 2.85. The highest BCUT2D eigenvalue weighted by atomic mass is 32.1. The first-order valence-corrected chi connectivity index (χ1v) is 3.84. The van der Waals surface area contributed by atoms with Gasteiger partial charge in [0.1, 0.15) is 0 Å². The van der Waals surface area contributed by atoms with Crippen LogP contribution < -0.4 is 9.47 Å². The molecule has 1 rings (SSSR count). The van der Waals surface area contributed by atoms with Crippen molar-refractivity contribution in [1.82, 2.24) is 0 Å². The maximum Gasteiger partial charge on any atom is 0.299 e. The van der Waals surface area contributed by atoms with Gasteiger partial charge in [-0.15, -0.1) is 0 Å². The third-order valence-corrected chi connectivity index (χ3v) is 2.29. The highest BCUT2D eigenvalue weighted by molar-refractivity contribution is 7.15. The Kier molecular flexibility index (Phi) is 2.48. The topological polar surface area (TPSA) is 35.5 Å². The molecule has 0 fully saturated rings. The monoisotopic (exact) mass is 172 g/mol. The number of hydrogen-bond donors (Lipinski definition) is 0. The summed E-state index contributed by atoms with van der Waals surface area (Å²) >= 11 is 1.31. The minimum atomic E-state index is 0.407. The van der Waals surface area contributed by atoms with Crippen molar-refractivity contribution in [2.75, 3.05) is 7.11 Å². The van der Waals surface area contributed by atoms with Gasteiger partial charge < -0.3 is 9.47 Å². The molecule has 1 heterocycles. The lowest BCUT2D eigenvalue weighted by atomic mass is 10.4. The SMILES string of the molecule is COc1sc(OC=O)cc1C. The van der Waals surface area contributed by atoms with Crippen molar-refractivity contribution in [1.29, 1.82) is 0 Å². The molecule has 0 aliphatic heterocycles. The van der Waals surface area contributed by atoms with Crippen LogP contribution in [0.2, 0.25) is 0 Å². The van der Waals surface area contributed by atoms with E-state index in [-0.39, 0.29) is 0 Å². The van der Waals surface area contributed by atoms with Crippen molar-refractivity contribution in [3.05, 3.63) is 11.6 Å². The van der Waals surface area contributed by atoms with Crippen LogP contribution >= 0.6 is 11.3 Å². The number of methoxy groups -OCH3 is 1. The van der Waals surface area contributed by atoms with Crippen LogP contribution in [0.4, 0.5) is 0 Å². The summed E-state index contributed by atoms with van der Waals surface area (Å²) in [5.41, 5.74) is 0.981. The second kappa shape index (κ2) is 3.39. The third kappa shape index (κ3) is 1.71. The number of ether oxygens (including phenoxy) is 2. The van der Waals surface area contributed by atoms with E-state index in [1.807, 2.05) is 6.92 Å². The summed E-state index contributed by atoms with van der Waals surface area (Å²) in [6, 6.07) is 1.76. The van der Waals surface area contributed by atoms with Crippen LogP contribution in [-0.2, 0) is 4.79 Å². The number of hydrogen-bond acceptors (Lipinski definition) is 4. The van der Waals surface area contributed by atoms with Crippen molar-refractivity contribution in [2.45, 2.75) is 6.92 Å². The fourth-order valence-electron chi connectivity index (χ4n) is 0.745. The van der Waals surface area contributed by atoms with E-state index in [1.165, 1.54) is 11.3 Å². The molecule has 0 bridgehead atoms. The van der Waals surface area contributed by atoms with Gasteiger partial charge in [-0.25, -0.2) is 0 Å². The largest absolute Gasteiger partial charge is 0.487 e. The standard InChI is InChI=1S/C7H8O3S/c1-5-3-6(10-4-8)11-7(5)9-2/h3-4H,1-2H3. The van der Waals surface area contributed by atoms with Crippen LogP contribution in [0.15, 0.2) is 6.07 Å². The predicted molar refractivity (Wildman–Crippen MR) is 42.3 cm³/mol. The zero-order valence-electron chi connectivity index (χ0n) is 6.29. The number of rotatable bonds is 3. The molecule has 0 amide bonds. The summed E-state index contributed by atoms with van der Waals surface area (Å²) in [6.45, 7) is 2.30. The summed E-state index contributed by atoms with van der Waals surface area (Å²) < 4.78 is 9.62. The van der Waals surface area contributed by atoms with E-state index in [4.69, 9.17) is 4.74 Å². The maximum atomic E-state index is 9.93. The number of carbonyl (C=O) groups is 1. The lowest BCUT2D eigenvalue weighted by molar-refractivity contribution is -0.120. The summed E-state index contributed by atoms with van der Waals surface area (Å²) in [6.07, 6.45) is 0. The molecule has 0 unspecified atom stereocenters. The van der Waals surface area contributed by atoms with Crippen molar-refractivity contribution in [2.24, 2.45) is 0 Å². The van der Waals surface area contributed by atoms with Crippen LogP contribution in [0.3, 0.4) is 0 Å². The smallest absolute Gasteiger partial charge is 0.299 e. The summed E-state index contributed by atoms with van der Waals surface area (Å²) in [4.78, 5) is 9.93. The molecule has 4 heteroatoms. The zero-order chi connectivity index (χ0) is 8.27. The van der Waals surface area contributed by atoms with Crippen LogP contribution in [0.25, 0.3) is 0 Å². The van der Waals surface area contributed by atoms with Gasteiger partial charge in [0.25, 0.3) is 6.47 Å². The molecule has 1 aromatic heterocycles. The Morgan fingerprint density at radius 2 is 2.36 bits per heavy atom. The Labute approximate surface area is 68.6 Å². The first-order chi connectivity index (χ1) is 5.27. The molecule has 60 valence electrons. The molecule has 0 N–H and O–H groups in total. The zero-order valence-corrected chi connectivity index (χ0v) is 7.10. The molecule has 11 heavy (non-hydrogen) atoms. The Hall–Kier alpha value is -1.03. The van der Waals surface area contributed by atoms with Gasteiger partial charge in [0.2, 0.25) is 0 Å². The summed E-state index contributed by atoms with van der Waals surface area (Å²) in [7, 11) is 1.59. The molecule has 0 aliphatic carbocycles. The molecule has 0 spiro atoms. The third-order valence-electron chi connectivity index (χ3n) is 1.20. The van der Waals surface area contributed by atoms with Crippen molar-refractivity contribution in [3.63, 3.8) is 0 Å². The van der Waals surface area contributed by atoms with Gasteiger partial charge in [0.05, 0.1) is 7.11 Å². The quantitative estimate of drug-likeness (QED) is 0.649. The Morgan fingerprint density at radius 1 is 1.64 bits per heavy atom. The molecule has 0 aromatic carbocycles. The lowest BCUT2D eigenvalue weighted by Gasteiger charge is -1.92. The van der Waals surface area contributed by atoms with Gasteiger partial charge in [-0.05, 0) is 13.0 Å². The van der Waals surface area contributed by atoms with Gasteiger partial charge in [-0.3, -0.25) is 4.79 Å². The van der Waals surface area contributed by atoms with Gasteiger partial charge in [-0.2, -0.15) is 0 Å². The minimum Gasteiger partial charge on any atom is -0.487 e. The molecule has 0 radical (unpaired) electrons. The first-order valence-electron chi connectivity index (χ1n) is 3.02. The van der Waals surface area contributed by atoms with E-state index in [0.717, 1.165) is 10.6 Å². The average molecular weight is 172 g/mol. The van der Waals surface area contributed by atoms with Crippen LogP contribution in [0.1, 0.15) is 5.56 Å². The molecule has 0 atom stereocenters. The molecule has 0 saturated heterocycles. The van der Waals surface area contributed by atoms with E-state index in [2.05, 4.69) is 4.74 Å². The number of aryl methyl sites for hydroxylation is 1. The van der Waals surface area contributed by atoms with Gasteiger partial charge in [-0.1, -0.05) is 11.3 Å². The van der Waals surface area contributed by atoms with E-state index in [0.29, 0.717) is 11.5 Å². The molecule has 0 aliphatic rings. The summed E-state index contributed by atoms with van der Waals surface area (Å²) in [5.74, 6) is 0. The Morgan fingerprint density at radius 3 is 2.82 bits per heavy atom. The van der Waals surface area contributed by atoms with Gasteiger partial charge in [0.15, 0.2) is 10.1 Å². The van der Waals surface area contributed by atoms with Crippen LogP contribution in [-0.4, -0.2) is 13.6 Å². The fourth-order valence-corrected chi connectivity index (χ4v) is 1.55. The van der Waals surface area contributed by atoms with Crippen molar-refractivity contribution in [3.8, 4) is 10.1 Å². The molecule has 3 nitrogen and oxygen atoms in total. The average Bonchev–Trinajstić information content (AvgIpc) is 2.32. The second-order valence-electron chi connectivity index (χ2n) is 1.95. The fraction of sp³-hybridized carbons (Fsp3) is 0.286. The molecule has 0 saturated carbocycles. The highest BCUT2D eigenvalue weighted by Crippen LogP contribution is 2.34. The highest BCUT2D eigenvalue weighted by Gasteiger charge is 2.05. The number of carbonyl (C=O) groups excluding carboxylic acids is 1. The van der Waals surface area contributed by atoms with Crippen LogP contribution in [0.5, 0.6) is 10.1 Å². The van der Waals surface area contributed by atoms with Gasteiger partial charge in [0, 0.05) is 5.56 Å². The van der Waals surface area contributed by atoms with E-state index in [9.17, 15) is 4.79 Å². The van der Waals surface area contributed by atoms with Crippen LogP contribution in [0, 0.1) is 6.92 Å². The minimum absolute atomic E-state index is 0.407. The maximum absolute atomic E-state index is 9.93. The number of thiophene rings is 1. The van der Waals surface area contributed by atoms with E-state index >= 15 is 0 Å².